The van der Waals surface area contributed by atoms with Gasteiger partial charge in [-0.25, -0.2) is 0 Å². The largest absolute Gasteiger partial charge is 0.385 e. The molecule has 1 aromatic heterocycles. The fourth-order valence-corrected chi connectivity index (χ4v) is 2.29. The molecule has 0 aliphatic heterocycles. The highest BCUT2D eigenvalue weighted by Crippen LogP contribution is 2.20. The van der Waals surface area contributed by atoms with Crippen LogP contribution in [0.5, 0.6) is 0 Å². The van der Waals surface area contributed by atoms with Crippen molar-refractivity contribution in [1.29, 1.82) is 0 Å². The van der Waals surface area contributed by atoms with Gasteiger partial charge in [-0.2, -0.15) is 0 Å². The van der Waals surface area contributed by atoms with Gasteiger partial charge in [0.15, 0.2) is 0 Å². The minimum atomic E-state index is -0.290. The Hall–Kier alpha value is -1.66. The van der Waals surface area contributed by atoms with Gasteiger partial charge in [-0.05, 0) is 24.6 Å². The highest BCUT2D eigenvalue weighted by molar-refractivity contribution is 9.10. The number of nitrogens with one attached hydrogen (secondary N) is 2. The van der Waals surface area contributed by atoms with Gasteiger partial charge in [0, 0.05) is 41.7 Å². The first kappa shape index (κ1) is 14.7. The van der Waals surface area contributed by atoms with Gasteiger partial charge in [0.1, 0.15) is 0 Å². The summed E-state index contributed by atoms with van der Waals surface area (Å²) in [6.45, 7) is 1.09. The number of fused-ring (bicyclic) bond motifs is 1. The first-order chi connectivity index (χ1) is 9.61. The number of halogens is 1. The van der Waals surface area contributed by atoms with Crippen molar-refractivity contribution in [2.75, 3.05) is 20.3 Å². The average Bonchev–Trinajstić information content (AvgIpc) is 2.43. The third-order valence-corrected chi connectivity index (χ3v) is 3.35. The molecule has 0 aliphatic rings. The van der Waals surface area contributed by atoms with Crippen LogP contribution in [-0.4, -0.2) is 31.2 Å². The van der Waals surface area contributed by atoms with Gasteiger partial charge >= 0.3 is 0 Å². The molecule has 20 heavy (non-hydrogen) atoms. The summed E-state index contributed by atoms with van der Waals surface area (Å²) in [4.78, 5) is 26.5. The van der Waals surface area contributed by atoms with Crippen molar-refractivity contribution in [2.24, 2.45) is 0 Å². The van der Waals surface area contributed by atoms with E-state index in [1.807, 2.05) is 12.1 Å². The molecule has 2 aromatic rings. The molecular formula is C14H15BrN2O3. The van der Waals surface area contributed by atoms with Gasteiger partial charge in [-0.1, -0.05) is 15.9 Å². The number of carbonyl (C=O) groups is 1. The number of hydrogen-bond donors (Lipinski definition) is 2. The number of methoxy groups -OCH3 is 1. The van der Waals surface area contributed by atoms with Crippen molar-refractivity contribution in [3.63, 3.8) is 0 Å². The molecule has 1 amide bonds. The molecule has 5 nitrogen and oxygen atoms in total. The van der Waals surface area contributed by atoms with E-state index in [1.165, 1.54) is 6.07 Å². The second-order valence-corrected chi connectivity index (χ2v) is 5.26. The van der Waals surface area contributed by atoms with Crippen LogP contribution < -0.4 is 10.9 Å². The first-order valence-corrected chi connectivity index (χ1v) is 7.01. The quantitative estimate of drug-likeness (QED) is 0.819. The summed E-state index contributed by atoms with van der Waals surface area (Å²) in [5.41, 5.74) is 0.729. The van der Waals surface area contributed by atoms with Crippen LogP contribution in [0.25, 0.3) is 10.9 Å². The second-order valence-electron chi connectivity index (χ2n) is 4.34. The normalized spacial score (nSPS) is 10.7. The van der Waals surface area contributed by atoms with Gasteiger partial charge in [0.25, 0.3) is 5.91 Å². The zero-order valence-electron chi connectivity index (χ0n) is 11.0. The van der Waals surface area contributed by atoms with Crippen LogP contribution in [0.3, 0.4) is 0 Å². The lowest BCUT2D eigenvalue weighted by Gasteiger charge is -2.08. The Morgan fingerprint density at radius 1 is 1.40 bits per heavy atom. The lowest BCUT2D eigenvalue weighted by atomic mass is 10.1. The van der Waals surface area contributed by atoms with Crippen LogP contribution in [0, 0.1) is 0 Å². The van der Waals surface area contributed by atoms with E-state index >= 15 is 0 Å². The maximum absolute atomic E-state index is 12.2. The molecule has 1 heterocycles. The number of ether oxygens (including phenoxy) is 1. The molecule has 0 saturated carbocycles. The van der Waals surface area contributed by atoms with Crippen molar-refractivity contribution in [1.82, 2.24) is 10.3 Å². The van der Waals surface area contributed by atoms with E-state index in [1.54, 1.807) is 13.2 Å². The zero-order chi connectivity index (χ0) is 14.5. The molecule has 2 N–H and O–H groups in total. The summed E-state index contributed by atoms with van der Waals surface area (Å²) < 4.78 is 5.77. The summed E-state index contributed by atoms with van der Waals surface area (Å²) in [5.74, 6) is -0.254. The molecule has 0 aliphatic carbocycles. The minimum Gasteiger partial charge on any atom is -0.385 e. The number of rotatable bonds is 5. The van der Waals surface area contributed by atoms with E-state index < -0.39 is 0 Å². The van der Waals surface area contributed by atoms with Crippen molar-refractivity contribution < 1.29 is 9.53 Å². The zero-order valence-corrected chi connectivity index (χ0v) is 12.6. The standard InChI is InChI=1S/C14H15BrN2O3/c1-20-6-2-5-16-14(19)11-8-13(18)17-12-4-3-9(15)7-10(11)12/h3-4,7-8H,2,5-6H2,1H3,(H,16,19)(H,17,18). The van der Waals surface area contributed by atoms with Crippen LogP contribution in [0.2, 0.25) is 0 Å². The Balaban J connectivity index is 2.30. The van der Waals surface area contributed by atoms with Gasteiger partial charge in [-0.3, -0.25) is 9.59 Å². The molecule has 6 heteroatoms. The van der Waals surface area contributed by atoms with E-state index in [9.17, 15) is 9.59 Å². The monoisotopic (exact) mass is 338 g/mol. The minimum absolute atomic E-state index is 0.254. The lowest BCUT2D eigenvalue weighted by Crippen LogP contribution is -2.26. The molecule has 0 spiro atoms. The molecule has 0 unspecified atom stereocenters. The van der Waals surface area contributed by atoms with Crippen LogP contribution in [0.15, 0.2) is 33.5 Å². The number of amides is 1. The Kier molecular flexibility index (Phi) is 4.92. The predicted molar refractivity (Wildman–Crippen MR) is 81.1 cm³/mol. The molecule has 0 saturated heterocycles. The van der Waals surface area contributed by atoms with E-state index in [0.717, 1.165) is 10.9 Å². The highest BCUT2D eigenvalue weighted by atomic mass is 79.9. The SMILES string of the molecule is COCCCNC(=O)c1cc(=O)[nH]c2ccc(Br)cc12. The maximum Gasteiger partial charge on any atom is 0.252 e. The average molecular weight is 339 g/mol. The molecule has 0 atom stereocenters. The number of aromatic nitrogens is 1. The van der Waals surface area contributed by atoms with Gasteiger partial charge in [0.05, 0.1) is 5.56 Å². The Labute approximate surface area is 124 Å². The molecule has 0 bridgehead atoms. The lowest BCUT2D eigenvalue weighted by molar-refractivity contribution is 0.0950. The topological polar surface area (TPSA) is 71.2 Å². The third-order valence-electron chi connectivity index (χ3n) is 2.86. The maximum atomic E-state index is 12.2. The third kappa shape index (κ3) is 3.46. The Morgan fingerprint density at radius 3 is 2.95 bits per heavy atom. The fourth-order valence-electron chi connectivity index (χ4n) is 1.93. The number of H-pyrrole nitrogens is 1. The fraction of sp³-hybridized carbons (Fsp3) is 0.286. The highest BCUT2D eigenvalue weighted by Gasteiger charge is 2.11. The molecule has 1 aromatic carbocycles. The van der Waals surface area contributed by atoms with Crippen LogP contribution in [0.4, 0.5) is 0 Å². The summed E-state index contributed by atoms with van der Waals surface area (Å²) in [6.07, 6.45) is 0.729. The summed E-state index contributed by atoms with van der Waals surface area (Å²) in [7, 11) is 1.61. The van der Waals surface area contributed by atoms with E-state index in [2.05, 4.69) is 26.2 Å². The molecular weight excluding hydrogens is 324 g/mol. The van der Waals surface area contributed by atoms with Crippen molar-refractivity contribution in [2.45, 2.75) is 6.42 Å². The molecule has 0 radical (unpaired) electrons. The number of pyridine rings is 1. The number of aromatic amines is 1. The van der Waals surface area contributed by atoms with Gasteiger partial charge < -0.3 is 15.0 Å². The van der Waals surface area contributed by atoms with Crippen LogP contribution in [-0.2, 0) is 4.74 Å². The first-order valence-electron chi connectivity index (χ1n) is 6.21. The predicted octanol–water partition coefficient (Wildman–Crippen LogP) is 2.06. The van der Waals surface area contributed by atoms with Crippen molar-refractivity contribution >= 4 is 32.7 Å². The van der Waals surface area contributed by atoms with Gasteiger partial charge in [0.2, 0.25) is 5.56 Å². The smallest absolute Gasteiger partial charge is 0.252 e. The molecule has 0 fully saturated rings. The number of carbonyl (C=O) groups excluding carboxylic acids is 1. The van der Waals surface area contributed by atoms with E-state index in [4.69, 9.17) is 4.74 Å². The Morgan fingerprint density at radius 2 is 2.20 bits per heavy atom. The van der Waals surface area contributed by atoms with E-state index in [0.29, 0.717) is 29.6 Å². The van der Waals surface area contributed by atoms with E-state index in [-0.39, 0.29) is 11.5 Å². The van der Waals surface area contributed by atoms with Crippen molar-refractivity contribution in [3.05, 3.63) is 44.7 Å². The van der Waals surface area contributed by atoms with Crippen molar-refractivity contribution in [3.8, 4) is 0 Å². The van der Waals surface area contributed by atoms with Gasteiger partial charge in [-0.15, -0.1) is 0 Å². The molecule has 2 rings (SSSR count). The summed E-state index contributed by atoms with van der Waals surface area (Å²) in [6, 6.07) is 6.72. The molecule has 106 valence electrons. The Bertz CT molecular complexity index is 682. The summed E-state index contributed by atoms with van der Waals surface area (Å²) in [5, 5.41) is 3.50. The van der Waals surface area contributed by atoms with Crippen LogP contribution >= 0.6 is 15.9 Å². The summed E-state index contributed by atoms with van der Waals surface area (Å²) >= 11 is 3.37. The number of benzene rings is 1. The number of hydrogen-bond acceptors (Lipinski definition) is 3. The van der Waals surface area contributed by atoms with Crippen LogP contribution in [0.1, 0.15) is 16.8 Å². The second kappa shape index (κ2) is 6.67.